The number of imide groups is 2. The first-order valence-electron chi connectivity index (χ1n) is 21.3. The van der Waals surface area contributed by atoms with Crippen LogP contribution in [0.2, 0.25) is 0 Å². The van der Waals surface area contributed by atoms with Gasteiger partial charge in [0.1, 0.15) is 0 Å². The maximum absolute atomic E-state index is 12.2. The fourth-order valence-corrected chi connectivity index (χ4v) is 7.43. The predicted octanol–water partition coefficient (Wildman–Crippen LogP) is 12.5. The summed E-state index contributed by atoms with van der Waals surface area (Å²) in [6.45, 7) is 16.0. The van der Waals surface area contributed by atoms with E-state index in [0.29, 0.717) is 21.5 Å². The summed E-state index contributed by atoms with van der Waals surface area (Å²) in [4.78, 5) is 80.5. The minimum atomic E-state index is -0.869. The number of anilines is 2. The first kappa shape index (κ1) is 45.7. The second-order valence-electron chi connectivity index (χ2n) is 13.1. The summed E-state index contributed by atoms with van der Waals surface area (Å²) in [6, 6.07) is 35.9. The van der Waals surface area contributed by atoms with Gasteiger partial charge < -0.3 is 9.68 Å². The number of hydrogen-bond donors (Lipinski definition) is 2. The zero-order valence-electron chi connectivity index (χ0n) is 36.4. The van der Waals surface area contributed by atoms with Gasteiger partial charge in [-0.2, -0.15) is 0 Å². The highest BCUT2D eigenvalue weighted by molar-refractivity contribution is 6.26. The summed E-state index contributed by atoms with van der Waals surface area (Å²) in [5, 5.41) is 19.3. The van der Waals surface area contributed by atoms with Crippen molar-refractivity contribution >= 4 is 112 Å². The van der Waals surface area contributed by atoms with Gasteiger partial charge in [-0.1, -0.05) is 146 Å². The SMILES string of the molecule is CC.CC.CC.CC.O=C(Nc1cc2ccc3cccc4ccc(c1)c2c34)ON1C(=O)CCC1=O.O=C(Nc1ccc2ccc3cccc4ccc1c2c34)ON1C(=O)CCC1=O. The molecule has 2 fully saturated rings. The van der Waals surface area contributed by atoms with E-state index in [0.717, 1.165) is 59.2 Å². The number of nitrogens with zero attached hydrogens (tertiary/aromatic N) is 2. The van der Waals surface area contributed by atoms with Crippen LogP contribution in [0, 0.1) is 0 Å². The first-order chi connectivity index (χ1) is 30.2. The van der Waals surface area contributed by atoms with Gasteiger partial charge in [0, 0.05) is 36.8 Å². The lowest BCUT2D eigenvalue weighted by Gasteiger charge is -2.16. The number of hydroxylamine groups is 4. The molecule has 2 saturated heterocycles. The van der Waals surface area contributed by atoms with Gasteiger partial charge in [-0.05, 0) is 77.4 Å². The van der Waals surface area contributed by atoms with Crippen LogP contribution in [0.15, 0.2) is 109 Å². The number of nitrogens with one attached hydrogen (secondary N) is 2. The van der Waals surface area contributed by atoms with E-state index in [1.165, 1.54) is 5.39 Å². The molecule has 2 N–H and O–H groups in total. The molecule has 320 valence electrons. The van der Waals surface area contributed by atoms with Crippen molar-refractivity contribution in [2.24, 2.45) is 0 Å². The molecule has 2 aliphatic heterocycles. The third kappa shape index (κ3) is 9.19. The van der Waals surface area contributed by atoms with E-state index in [2.05, 4.69) is 41.0 Å². The number of hydrogen-bond acceptors (Lipinski definition) is 8. The summed E-state index contributed by atoms with van der Waals surface area (Å²) < 4.78 is 0. The van der Waals surface area contributed by atoms with Crippen LogP contribution in [0.4, 0.5) is 21.0 Å². The largest absolute Gasteiger partial charge is 0.436 e. The molecule has 0 unspecified atom stereocenters. The smallest absolute Gasteiger partial charge is 0.311 e. The molecule has 0 atom stereocenters. The van der Waals surface area contributed by atoms with Gasteiger partial charge >= 0.3 is 12.2 Å². The molecule has 2 heterocycles. The van der Waals surface area contributed by atoms with Crippen molar-refractivity contribution in [3.63, 3.8) is 0 Å². The fourth-order valence-electron chi connectivity index (χ4n) is 7.43. The second-order valence-corrected chi connectivity index (χ2v) is 13.1. The normalized spacial score (nSPS) is 13.1. The van der Waals surface area contributed by atoms with E-state index in [4.69, 9.17) is 9.68 Å². The average molecular weight is 837 g/mol. The molecule has 6 amide bonds. The number of carbonyl (C=O) groups excluding carboxylic acids is 6. The van der Waals surface area contributed by atoms with Crippen LogP contribution >= 0.6 is 0 Å². The van der Waals surface area contributed by atoms with Gasteiger partial charge in [0.2, 0.25) is 0 Å². The van der Waals surface area contributed by atoms with Crippen molar-refractivity contribution in [3.05, 3.63) is 109 Å². The van der Waals surface area contributed by atoms with Crippen molar-refractivity contribution in [2.75, 3.05) is 10.6 Å². The Morgan fingerprint density at radius 2 is 0.742 bits per heavy atom. The molecule has 0 saturated carbocycles. The van der Waals surface area contributed by atoms with Crippen LogP contribution in [0.3, 0.4) is 0 Å². The third-order valence-electron chi connectivity index (χ3n) is 9.83. The molecule has 0 bridgehead atoms. The Labute approximate surface area is 360 Å². The Morgan fingerprint density at radius 3 is 1.18 bits per heavy atom. The molecule has 0 radical (unpaired) electrons. The van der Waals surface area contributed by atoms with Crippen LogP contribution in [-0.4, -0.2) is 45.9 Å². The number of benzene rings is 8. The Hall–Kier alpha value is -7.34. The number of carbonyl (C=O) groups is 6. The highest BCUT2D eigenvalue weighted by atomic mass is 16.7. The van der Waals surface area contributed by atoms with E-state index in [-0.39, 0.29) is 25.7 Å². The van der Waals surface area contributed by atoms with Crippen LogP contribution in [0.5, 0.6) is 0 Å². The van der Waals surface area contributed by atoms with Gasteiger partial charge in [-0.15, -0.1) is 10.1 Å². The van der Waals surface area contributed by atoms with Crippen LogP contribution in [0.25, 0.3) is 64.6 Å². The molecule has 10 rings (SSSR count). The maximum atomic E-state index is 12.2. The standard InChI is InChI=1S/2C21H14N2O4.4C2H6/c24-17-8-9-18(25)23(17)27-21(26)22-16-10-14-6-4-12-2-1-3-13-5-7-15(11-16)20(14)19(12)13;24-17-10-11-18(25)23(17)27-21(26)22-16-9-7-14-5-4-12-2-1-3-13-6-8-15(16)20(14)19(12)13;4*1-2/h1-7,10-11H,8-9H2,(H,22,26);1-9H,10-11H2,(H,22,26);4*1-2H3. The Balaban J connectivity index is 0.000000202. The minimum Gasteiger partial charge on any atom is -0.311 e. The topological polar surface area (TPSA) is 151 Å². The second kappa shape index (κ2) is 20.8. The van der Waals surface area contributed by atoms with E-state index in [1.807, 2.05) is 128 Å². The summed E-state index contributed by atoms with van der Waals surface area (Å²) in [6.07, 6.45) is -1.49. The van der Waals surface area contributed by atoms with Gasteiger partial charge in [0.15, 0.2) is 0 Å². The average Bonchev–Trinajstić information content (AvgIpc) is 3.81. The van der Waals surface area contributed by atoms with Crippen molar-refractivity contribution in [1.82, 2.24) is 10.1 Å². The van der Waals surface area contributed by atoms with Gasteiger partial charge in [-0.3, -0.25) is 29.8 Å². The zero-order valence-corrected chi connectivity index (χ0v) is 36.4. The highest BCUT2D eigenvalue weighted by Gasteiger charge is 2.34. The molecule has 0 aromatic heterocycles. The molecule has 0 spiro atoms. The first-order valence-corrected chi connectivity index (χ1v) is 21.3. The maximum Gasteiger partial charge on any atom is 0.436 e. The van der Waals surface area contributed by atoms with E-state index < -0.39 is 35.8 Å². The fraction of sp³-hybridized carbons (Fsp3) is 0.240. The molecule has 8 aromatic rings. The van der Waals surface area contributed by atoms with Crippen molar-refractivity contribution in [2.45, 2.75) is 81.1 Å². The molecular weight excluding hydrogens is 785 g/mol. The summed E-state index contributed by atoms with van der Waals surface area (Å²) in [5.74, 6) is -2.03. The van der Waals surface area contributed by atoms with Crippen LogP contribution in [0.1, 0.15) is 81.1 Å². The van der Waals surface area contributed by atoms with Gasteiger partial charge in [-0.25, -0.2) is 9.59 Å². The van der Waals surface area contributed by atoms with Crippen molar-refractivity contribution in [1.29, 1.82) is 0 Å². The monoisotopic (exact) mass is 836 g/mol. The lowest BCUT2D eigenvalue weighted by atomic mass is 9.93. The summed E-state index contributed by atoms with van der Waals surface area (Å²) >= 11 is 0. The van der Waals surface area contributed by atoms with E-state index in [9.17, 15) is 28.8 Å². The molecule has 12 heteroatoms. The summed E-state index contributed by atoms with van der Waals surface area (Å²) in [5.41, 5.74) is 1.09. The number of amides is 6. The van der Waals surface area contributed by atoms with E-state index >= 15 is 0 Å². The lowest BCUT2D eigenvalue weighted by molar-refractivity contribution is -0.171. The minimum absolute atomic E-state index is 0.0604. The van der Waals surface area contributed by atoms with Gasteiger partial charge in [0.05, 0.1) is 5.69 Å². The van der Waals surface area contributed by atoms with Crippen LogP contribution < -0.4 is 10.6 Å². The molecule has 2 aliphatic rings. The quantitative estimate of drug-likeness (QED) is 0.131. The summed E-state index contributed by atoms with van der Waals surface area (Å²) in [7, 11) is 0. The lowest BCUT2D eigenvalue weighted by Crippen LogP contribution is -2.33. The number of rotatable bonds is 4. The highest BCUT2D eigenvalue weighted by Crippen LogP contribution is 2.38. The molecular formula is C50H52N4O8. The Kier molecular flexibility index (Phi) is 15.3. The van der Waals surface area contributed by atoms with Crippen LogP contribution in [-0.2, 0) is 28.9 Å². The Bertz CT molecular complexity index is 2780. The van der Waals surface area contributed by atoms with Gasteiger partial charge in [0.25, 0.3) is 23.6 Å². The molecule has 12 nitrogen and oxygen atoms in total. The molecule has 0 aliphatic carbocycles. The molecule has 62 heavy (non-hydrogen) atoms. The third-order valence-corrected chi connectivity index (χ3v) is 9.83. The van der Waals surface area contributed by atoms with Crippen molar-refractivity contribution in [3.8, 4) is 0 Å². The van der Waals surface area contributed by atoms with E-state index in [1.54, 1.807) is 6.07 Å². The zero-order chi connectivity index (χ0) is 45.1. The molecule has 8 aromatic carbocycles. The predicted molar refractivity (Wildman–Crippen MR) is 248 cm³/mol. The van der Waals surface area contributed by atoms with Crippen molar-refractivity contribution < 1.29 is 38.4 Å². The Morgan fingerprint density at radius 1 is 0.419 bits per heavy atom.